The number of hydrogen-bond acceptors (Lipinski definition) is 1. The Kier molecular flexibility index (Phi) is 13.1. The highest BCUT2D eigenvalue weighted by atomic mass is 79.9. The number of unbranched alkanes of at least 4 members (excludes halogenated alkanes) is 5. The van der Waals surface area contributed by atoms with E-state index in [9.17, 15) is 4.79 Å². The first kappa shape index (κ1) is 21.2. The van der Waals surface area contributed by atoms with Crippen LogP contribution in [0.2, 0.25) is 0 Å². The van der Waals surface area contributed by atoms with E-state index in [4.69, 9.17) is 5.11 Å². The summed E-state index contributed by atoms with van der Waals surface area (Å²) in [6, 6.07) is 0. The van der Waals surface area contributed by atoms with Gasteiger partial charge in [0.15, 0.2) is 0 Å². The molecule has 4 heteroatoms. The van der Waals surface area contributed by atoms with Crippen LogP contribution in [0.1, 0.15) is 58.3 Å². The standard InChI is InChI=1S/C15H31NO2.BrH/c1-5-14(15(17)18)12-10-8-6-7-9-11-13-16(2,3)4;/h14H,5-13H2,1-4H3;1H. The van der Waals surface area contributed by atoms with Gasteiger partial charge in [0.1, 0.15) is 0 Å². The summed E-state index contributed by atoms with van der Waals surface area (Å²) in [5.41, 5.74) is 0. The first-order valence-electron chi connectivity index (χ1n) is 7.40. The Bertz CT molecular complexity index is 227. The predicted octanol–water partition coefficient (Wildman–Crippen LogP) is 0.538. The third-order valence-corrected chi connectivity index (χ3v) is 3.47. The summed E-state index contributed by atoms with van der Waals surface area (Å²) < 4.78 is 1.05. The molecule has 0 bridgehead atoms. The lowest BCUT2D eigenvalue weighted by molar-refractivity contribution is -0.870. The highest BCUT2D eigenvalue weighted by molar-refractivity contribution is 5.69. The lowest BCUT2D eigenvalue weighted by atomic mass is 9.98. The maximum atomic E-state index is 10.8. The molecule has 1 atom stereocenters. The predicted molar refractivity (Wildman–Crippen MR) is 76.6 cm³/mol. The third-order valence-electron chi connectivity index (χ3n) is 3.47. The largest absolute Gasteiger partial charge is 1.00 e. The highest BCUT2D eigenvalue weighted by Crippen LogP contribution is 2.15. The molecule has 0 radical (unpaired) electrons. The van der Waals surface area contributed by atoms with E-state index < -0.39 is 5.97 Å². The van der Waals surface area contributed by atoms with Crippen LogP contribution in [-0.2, 0) is 4.79 Å². The van der Waals surface area contributed by atoms with Gasteiger partial charge in [-0.25, -0.2) is 0 Å². The van der Waals surface area contributed by atoms with Crippen molar-refractivity contribution in [1.29, 1.82) is 0 Å². The minimum absolute atomic E-state index is 0. The van der Waals surface area contributed by atoms with E-state index in [1.54, 1.807) is 0 Å². The molecule has 0 aliphatic carbocycles. The third kappa shape index (κ3) is 14.1. The van der Waals surface area contributed by atoms with Crippen LogP contribution < -0.4 is 17.0 Å². The van der Waals surface area contributed by atoms with Gasteiger partial charge in [-0.3, -0.25) is 4.79 Å². The molecule has 0 fully saturated rings. The number of hydrogen-bond donors (Lipinski definition) is 1. The van der Waals surface area contributed by atoms with Crippen LogP contribution in [0.15, 0.2) is 0 Å². The second-order valence-corrected chi connectivity index (χ2v) is 6.37. The molecule has 0 spiro atoms. The average Bonchev–Trinajstić information content (AvgIpc) is 2.25. The Morgan fingerprint density at radius 3 is 1.89 bits per heavy atom. The summed E-state index contributed by atoms with van der Waals surface area (Å²) in [5.74, 6) is -0.747. The van der Waals surface area contributed by atoms with Crippen LogP contribution in [0.5, 0.6) is 0 Å². The van der Waals surface area contributed by atoms with Crippen molar-refractivity contribution in [3.05, 3.63) is 0 Å². The summed E-state index contributed by atoms with van der Waals surface area (Å²) in [6.07, 6.45) is 9.04. The molecule has 1 unspecified atom stereocenters. The van der Waals surface area contributed by atoms with Gasteiger partial charge >= 0.3 is 5.97 Å². The van der Waals surface area contributed by atoms with Crippen LogP contribution in [0.3, 0.4) is 0 Å². The Balaban J connectivity index is 0. The molecule has 0 saturated heterocycles. The fourth-order valence-electron chi connectivity index (χ4n) is 2.19. The van der Waals surface area contributed by atoms with Crippen LogP contribution >= 0.6 is 0 Å². The molecule has 0 aromatic heterocycles. The summed E-state index contributed by atoms with van der Waals surface area (Å²) in [5, 5.41) is 8.92. The van der Waals surface area contributed by atoms with Crippen LogP contribution in [0.4, 0.5) is 0 Å². The molecule has 0 aromatic rings. The second-order valence-electron chi connectivity index (χ2n) is 6.37. The zero-order valence-electron chi connectivity index (χ0n) is 13.1. The van der Waals surface area contributed by atoms with Crippen LogP contribution in [0, 0.1) is 5.92 Å². The quantitative estimate of drug-likeness (QED) is 0.441. The van der Waals surface area contributed by atoms with E-state index in [0.29, 0.717) is 0 Å². The molecule has 3 nitrogen and oxygen atoms in total. The van der Waals surface area contributed by atoms with Crippen molar-refractivity contribution in [2.24, 2.45) is 5.92 Å². The monoisotopic (exact) mass is 337 g/mol. The summed E-state index contributed by atoms with van der Waals surface area (Å²) in [7, 11) is 6.70. The molecule has 0 rings (SSSR count). The van der Waals surface area contributed by atoms with Gasteiger partial charge in [-0.2, -0.15) is 0 Å². The second kappa shape index (κ2) is 11.7. The molecule has 116 valence electrons. The Labute approximate surface area is 129 Å². The first-order valence-corrected chi connectivity index (χ1v) is 7.40. The number of carboxylic acids is 1. The Hall–Kier alpha value is -0.0900. The van der Waals surface area contributed by atoms with Gasteiger partial charge in [-0.1, -0.05) is 32.6 Å². The number of halogens is 1. The smallest absolute Gasteiger partial charge is 0.306 e. The topological polar surface area (TPSA) is 37.3 Å². The number of carboxylic acid groups (broad SMARTS) is 1. The molecule has 1 N–H and O–H groups in total. The molecule has 0 aromatic carbocycles. The summed E-state index contributed by atoms with van der Waals surface area (Å²) in [4.78, 5) is 10.8. The lowest BCUT2D eigenvalue weighted by Crippen LogP contribution is -3.00. The van der Waals surface area contributed by atoms with Gasteiger partial charge in [-0.05, 0) is 25.7 Å². The van der Waals surface area contributed by atoms with Gasteiger partial charge < -0.3 is 26.6 Å². The first-order chi connectivity index (χ1) is 8.37. The molecule has 0 heterocycles. The minimum Gasteiger partial charge on any atom is -1.00 e. The normalized spacial score (nSPS) is 12.8. The van der Waals surface area contributed by atoms with Gasteiger partial charge in [0, 0.05) is 0 Å². The van der Waals surface area contributed by atoms with E-state index in [2.05, 4.69) is 21.1 Å². The molecular formula is C15H32BrNO2. The number of nitrogens with zero attached hydrogens (tertiary/aromatic N) is 1. The Morgan fingerprint density at radius 1 is 1.00 bits per heavy atom. The van der Waals surface area contributed by atoms with Gasteiger partial charge in [0.2, 0.25) is 0 Å². The van der Waals surface area contributed by atoms with Crippen LogP contribution in [-0.4, -0.2) is 43.2 Å². The van der Waals surface area contributed by atoms with Gasteiger partial charge in [0.25, 0.3) is 0 Å². The molecule has 0 saturated carbocycles. The minimum atomic E-state index is -0.625. The lowest BCUT2D eigenvalue weighted by Gasteiger charge is -2.23. The van der Waals surface area contributed by atoms with Crippen molar-refractivity contribution in [3.63, 3.8) is 0 Å². The van der Waals surface area contributed by atoms with E-state index >= 15 is 0 Å². The number of carbonyl (C=O) groups is 1. The van der Waals surface area contributed by atoms with E-state index in [1.165, 1.54) is 38.6 Å². The van der Waals surface area contributed by atoms with E-state index in [-0.39, 0.29) is 22.9 Å². The van der Waals surface area contributed by atoms with Crippen molar-refractivity contribution in [2.75, 3.05) is 27.7 Å². The number of rotatable bonds is 11. The highest BCUT2D eigenvalue weighted by Gasteiger charge is 2.13. The maximum absolute atomic E-state index is 10.8. The summed E-state index contributed by atoms with van der Waals surface area (Å²) in [6.45, 7) is 3.21. The molecule has 0 aliphatic rings. The maximum Gasteiger partial charge on any atom is 0.306 e. The molecular weight excluding hydrogens is 306 g/mol. The van der Waals surface area contributed by atoms with Crippen molar-refractivity contribution in [2.45, 2.75) is 58.3 Å². The number of quaternary nitrogens is 1. The average molecular weight is 338 g/mol. The van der Waals surface area contributed by atoms with Crippen LogP contribution in [0.25, 0.3) is 0 Å². The fraction of sp³-hybridized carbons (Fsp3) is 0.933. The molecule has 0 aliphatic heterocycles. The van der Waals surface area contributed by atoms with Gasteiger partial charge in [0.05, 0.1) is 33.6 Å². The fourth-order valence-corrected chi connectivity index (χ4v) is 2.19. The van der Waals surface area contributed by atoms with Crippen molar-refractivity contribution in [3.8, 4) is 0 Å². The molecule has 19 heavy (non-hydrogen) atoms. The number of aliphatic carboxylic acids is 1. The van der Waals surface area contributed by atoms with Crippen molar-refractivity contribution < 1.29 is 31.4 Å². The van der Waals surface area contributed by atoms with Crippen molar-refractivity contribution in [1.82, 2.24) is 0 Å². The zero-order chi connectivity index (χ0) is 14.0. The Morgan fingerprint density at radius 2 is 1.47 bits per heavy atom. The zero-order valence-corrected chi connectivity index (χ0v) is 14.7. The van der Waals surface area contributed by atoms with Gasteiger partial charge in [-0.15, -0.1) is 0 Å². The van der Waals surface area contributed by atoms with E-state index in [1.807, 2.05) is 6.92 Å². The van der Waals surface area contributed by atoms with E-state index in [0.717, 1.165) is 23.7 Å². The summed E-state index contributed by atoms with van der Waals surface area (Å²) >= 11 is 0. The SMILES string of the molecule is CCC(CCCCCCCC[N+](C)(C)C)C(=O)O.[Br-]. The molecule has 0 amide bonds. The van der Waals surface area contributed by atoms with Crippen molar-refractivity contribution >= 4 is 5.97 Å².